The molecule has 2 saturated heterocycles. The van der Waals surface area contributed by atoms with E-state index >= 15 is 0 Å². The first kappa shape index (κ1) is 16.5. The van der Waals surface area contributed by atoms with E-state index in [2.05, 4.69) is 19.9 Å². The normalized spacial score (nSPS) is 20.4. The minimum Gasteiger partial charge on any atom is -0.384 e. The second kappa shape index (κ2) is 6.38. The summed E-state index contributed by atoms with van der Waals surface area (Å²) in [6.07, 6.45) is 4.67. The van der Waals surface area contributed by atoms with E-state index in [0.29, 0.717) is 50.5 Å². The molecule has 134 valence electrons. The minimum atomic E-state index is -3.17. The lowest BCUT2D eigenvalue weighted by atomic mass is 10.1. The number of aromatic nitrogens is 3. The summed E-state index contributed by atoms with van der Waals surface area (Å²) in [4.78, 5) is 14.9. The molecule has 2 fully saturated rings. The van der Waals surface area contributed by atoms with Gasteiger partial charge in [-0.05, 0) is 37.8 Å². The maximum Gasteiger partial charge on any atom is 0.217 e. The van der Waals surface area contributed by atoms with Crippen molar-refractivity contribution in [2.45, 2.75) is 30.9 Å². The molecule has 0 spiro atoms. The first-order valence-electron chi connectivity index (χ1n) is 8.67. The molecule has 25 heavy (non-hydrogen) atoms. The van der Waals surface area contributed by atoms with Crippen LogP contribution in [-0.4, -0.2) is 59.1 Å². The Bertz CT molecular complexity index is 873. The second-order valence-electron chi connectivity index (χ2n) is 6.64. The molecule has 2 aliphatic heterocycles. The lowest BCUT2D eigenvalue weighted by molar-refractivity contribution is 0.446. The highest BCUT2D eigenvalue weighted by Gasteiger charge is 2.36. The van der Waals surface area contributed by atoms with Crippen LogP contribution in [0.2, 0.25) is 0 Å². The highest BCUT2D eigenvalue weighted by molar-refractivity contribution is 7.89. The Kier molecular flexibility index (Phi) is 4.20. The van der Waals surface area contributed by atoms with Crippen LogP contribution < -0.4 is 10.6 Å². The topological polar surface area (TPSA) is 105 Å². The lowest BCUT2D eigenvalue weighted by Crippen LogP contribution is -2.44. The van der Waals surface area contributed by atoms with Crippen molar-refractivity contribution in [2.24, 2.45) is 0 Å². The molecule has 0 bridgehead atoms. The molecule has 0 aromatic carbocycles. The number of sulfonamides is 1. The van der Waals surface area contributed by atoms with Gasteiger partial charge in [-0.1, -0.05) is 0 Å². The third kappa shape index (κ3) is 3.02. The smallest absolute Gasteiger partial charge is 0.217 e. The molecule has 9 heteroatoms. The average molecular weight is 362 g/mol. The Morgan fingerprint density at radius 3 is 2.48 bits per heavy atom. The van der Waals surface area contributed by atoms with Crippen molar-refractivity contribution in [3.63, 3.8) is 0 Å². The summed E-state index contributed by atoms with van der Waals surface area (Å²) < 4.78 is 27.1. The van der Waals surface area contributed by atoms with Crippen LogP contribution in [0.4, 0.5) is 11.6 Å². The van der Waals surface area contributed by atoms with Crippen LogP contribution in [0.1, 0.15) is 25.7 Å². The van der Waals surface area contributed by atoms with E-state index in [1.165, 1.54) is 6.33 Å². The second-order valence-corrected chi connectivity index (χ2v) is 8.86. The molecule has 4 rings (SSSR count). The zero-order valence-electron chi connectivity index (χ0n) is 14.0. The molecule has 2 aromatic rings. The first-order valence-corrected chi connectivity index (χ1v) is 10.2. The fourth-order valence-corrected chi connectivity index (χ4v) is 5.71. The van der Waals surface area contributed by atoms with E-state index in [1.54, 1.807) is 10.4 Å². The van der Waals surface area contributed by atoms with E-state index in [4.69, 9.17) is 5.73 Å². The molecule has 0 atom stereocenters. The van der Waals surface area contributed by atoms with Crippen molar-refractivity contribution in [3.05, 3.63) is 18.5 Å². The highest BCUT2D eigenvalue weighted by atomic mass is 32.2. The predicted octanol–water partition coefficient (Wildman–Crippen LogP) is 1.00. The number of hydrogen-bond acceptors (Lipinski definition) is 7. The van der Waals surface area contributed by atoms with Gasteiger partial charge in [0, 0.05) is 26.2 Å². The van der Waals surface area contributed by atoms with Gasteiger partial charge in [0.25, 0.3) is 0 Å². The highest BCUT2D eigenvalue weighted by Crippen LogP contribution is 2.29. The summed E-state index contributed by atoms with van der Waals surface area (Å²) in [5.74, 6) is 1.22. The number of rotatable bonds is 3. The molecule has 2 aliphatic rings. The van der Waals surface area contributed by atoms with Crippen molar-refractivity contribution in [1.29, 1.82) is 0 Å². The minimum absolute atomic E-state index is 0.288. The molecule has 8 nitrogen and oxygen atoms in total. The van der Waals surface area contributed by atoms with Crippen LogP contribution >= 0.6 is 0 Å². The summed E-state index contributed by atoms with van der Waals surface area (Å²) in [6.45, 7) is 2.67. The number of nitrogens with zero attached hydrogens (tertiary/aromatic N) is 5. The third-order valence-electron chi connectivity index (χ3n) is 5.09. The van der Waals surface area contributed by atoms with E-state index in [1.807, 2.05) is 6.07 Å². The first-order chi connectivity index (χ1) is 12.1. The Morgan fingerprint density at radius 2 is 1.76 bits per heavy atom. The Morgan fingerprint density at radius 1 is 1.04 bits per heavy atom. The lowest BCUT2D eigenvalue weighted by Gasteiger charge is -2.34. The fourth-order valence-electron chi connectivity index (χ4n) is 3.71. The van der Waals surface area contributed by atoms with Gasteiger partial charge in [0.2, 0.25) is 10.0 Å². The summed E-state index contributed by atoms with van der Waals surface area (Å²) in [6, 6.07) is 3.61. The van der Waals surface area contributed by atoms with Gasteiger partial charge < -0.3 is 10.6 Å². The van der Waals surface area contributed by atoms with Gasteiger partial charge in [0.05, 0.1) is 10.6 Å². The standard InChI is InChI=1S/C16H22N6O2S/c17-14-4-3-13-15(20-14)18-11-19-16(13)21-9-5-12(6-10-21)25(23,24)22-7-1-2-8-22/h3-4,11-12H,1-2,5-10H2,(H2,17,18,19,20). The number of nitrogens with two attached hydrogens (primary N) is 1. The van der Waals surface area contributed by atoms with Gasteiger partial charge >= 0.3 is 0 Å². The number of anilines is 2. The predicted molar refractivity (Wildman–Crippen MR) is 96.7 cm³/mol. The number of hydrogen-bond donors (Lipinski definition) is 1. The van der Waals surface area contributed by atoms with E-state index in [-0.39, 0.29) is 5.25 Å². The van der Waals surface area contributed by atoms with Crippen molar-refractivity contribution >= 4 is 32.7 Å². The maximum atomic E-state index is 12.7. The van der Waals surface area contributed by atoms with Gasteiger partial charge in [0.1, 0.15) is 18.0 Å². The van der Waals surface area contributed by atoms with Gasteiger partial charge in [-0.15, -0.1) is 0 Å². The zero-order valence-corrected chi connectivity index (χ0v) is 14.8. The summed E-state index contributed by atoms with van der Waals surface area (Å²) in [5, 5.41) is 0.557. The molecule has 0 unspecified atom stereocenters. The van der Waals surface area contributed by atoms with Crippen molar-refractivity contribution in [3.8, 4) is 0 Å². The van der Waals surface area contributed by atoms with Gasteiger partial charge in [0.15, 0.2) is 5.65 Å². The molecule has 4 heterocycles. The quantitative estimate of drug-likeness (QED) is 0.868. The molecule has 0 saturated carbocycles. The van der Waals surface area contributed by atoms with E-state index in [0.717, 1.165) is 24.0 Å². The van der Waals surface area contributed by atoms with Gasteiger partial charge in [-0.2, -0.15) is 0 Å². The monoisotopic (exact) mass is 362 g/mol. The summed E-state index contributed by atoms with van der Waals surface area (Å²) in [5.41, 5.74) is 6.29. The molecule has 0 amide bonds. The van der Waals surface area contributed by atoms with Crippen molar-refractivity contribution in [2.75, 3.05) is 36.8 Å². The Hall–Kier alpha value is -2.00. The van der Waals surface area contributed by atoms with Crippen molar-refractivity contribution < 1.29 is 8.42 Å². The molecule has 0 aliphatic carbocycles. The fraction of sp³-hybridized carbons (Fsp3) is 0.562. The Balaban J connectivity index is 1.53. The zero-order chi connectivity index (χ0) is 17.4. The van der Waals surface area contributed by atoms with Crippen LogP contribution in [0.25, 0.3) is 11.0 Å². The third-order valence-corrected chi connectivity index (χ3v) is 7.48. The van der Waals surface area contributed by atoms with Gasteiger partial charge in [-0.25, -0.2) is 27.7 Å². The molecule has 2 aromatic heterocycles. The maximum absolute atomic E-state index is 12.7. The molecular weight excluding hydrogens is 340 g/mol. The number of pyridine rings is 1. The van der Waals surface area contributed by atoms with Gasteiger partial charge in [-0.3, -0.25) is 0 Å². The van der Waals surface area contributed by atoms with Crippen LogP contribution in [0.3, 0.4) is 0 Å². The van der Waals surface area contributed by atoms with Crippen LogP contribution in [0.15, 0.2) is 18.5 Å². The molecule has 0 radical (unpaired) electrons. The molecule has 2 N–H and O–H groups in total. The largest absolute Gasteiger partial charge is 0.384 e. The van der Waals surface area contributed by atoms with Crippen LogP contribution in [0, 0.1) is 0 Å². The SMILES string of the molecule is Nc1ccc2c(N3CCC(S(=O)(=O)N4CCCC4)CC3)ncnc2n1. The van der Waals surface area contributed by atoms with E-state index in [9.17, 15) is 8.42 Å². The number of nitrogen functional groups attached to an aromatic ring is 1. The Labute approximate surface area is 147 Å². The number of fused-ring (bicyclic) bond motifs is 1. The van der Waals surface area contributed by atoms with Crippen LogP contribution in [-0.2, 0) is 10.0 Å². The summed E-state index contributed by atoms with van der Waals surface area (Å²) >= 11 is 0. The van der Waals surface area contributed by atoms with E-state index < -0.39 is 10.0 Å². The average Bonchev–Trinajstić information content (AvgIpc) is 3.16. The van der Waals surface area contributed by atoms with Crippen molar-refractivity contribution in [1.82, 2.24) is 19.3 Å². The number of piperidine rings is 1. The van der Waals surface area contributed by atoms with Crippen LogP contribution in [0.5, 0.6) is 0 Å². The molecular formula is C16H22N6O2S. The summed E-state index contributed by atoms with van der Waals surface area (Å²) in [7, 11) is -3.17.